The van der Waals surface area contributed by atoms with Crippen LogP contribution in [0.4, 0.5) is 14.6 Å². The van der Waals surface area contributed by atoms with E-state index in [-0.39, 0.29) is 24.0 Å². The minimum absolute atomic E-state index is 0.0181. The van der Waals surface area contributed by atoms with Crippen molar-refractivity contribution >= 4 is 11.7 Å². The summed E-state index contributed by atoms with van der Waals surface area (Å²) in [6.45, 7) is 1.07. The Morgan fingerprint density at radius 3 is 2.97 bits per heavy atom. The van der Waals surface area contributed by atoms with Crippen LogP contribution < -0.4 is 11.3 Å². The zero-order valence-electron chi connectivity index (χ0n) is 15.5. The Hall–Kier alpha value is -3.30. The predicted octanol–water partition coefficient (Wildman–Crippen LogP) is 3.11. The van der Waals surface area contributed by atoms with Crippen LogP contribution in [0.3, 0.4) is 0 Å². The Morgan fingerprint density at radius 1 is 1.34 bits per heavy atom. The van der Waals surface area contributed by atoms with Crippen LogP contribution in [0.15, 0.2) is 65.6 Å². The second-order valence-corrected chi connectivity index (χ2v) is 6.94. The molecule has 150 valence electrons. The molecule has 1 aromatic carbocycles. The van der Waals surface area contributed by atoms with Crippen LogP contribution in [0.25, 0.3) is 16.7 Å². The van der Waals surface area contributed by atoms with Crippen molar-refractivity contribution < 1.29 is 13.9 Å². The molecule has 0 bridgehead atoms. The first-order valence-electron chi connectivity index (χ1n) is 8.92. The summed E-state index contributed by atoms with van der Waals surface area (Å²) in [5.41, 5.74) is 12.9. The zero-order valence-corrected chi connectivity index (χ0v) is 15.5. The molecule has 0 saturated heterocycles. The van der Waals surface area contributed by atoms with E-state index in [2.05, 4.69) is 21.2 Å². The molecule has 1 aromatic heterocycles. The van der Waals surface area contributed by atoms with Crippen molar-refractivity contribution in [3.05, 3.63) is 77.1 Å². The van der Waals surface area contributed by atoms with Gasteiger partial charge in [-0.05, 0) is 42.3 Å². The normalized spacial score (nSPS) is 23.6. The van der Waals surface area contributed by atoms with Gasteiger partial charge in [0.1, 0.15) is 11.7 Å². The van der Waals surface area contributed by atoms with E-state index in [4.69, 9.17) is 5.73 Å². The van der Waals surface area contributed by atoms with Gasteiger partial charge in [-0.3, -0.25) is 10.5 Å². The molecule has 2 aromatic rings. The van der Waals surface area contributed by atoms with Gasteiger partial charge in [0, 0.05) is 11.8 Å². The molecule has 0 saturated carbocycles. The molecule has 2 unspecified atom stereocenters. The maximum Gasteiger partial charge on any atom is 0.179 e. The number of hydrogen-bond donors (Lipinski definition) is 3. The number of amidine groups is 1. The lowest BCUT2D eigenvalue weighted by Crippen LogP contribution is -2.45. The lowest BCUT2D eigenvalue weighted by atomic mass is 9.94. The lowest BCUT2D eigenvalue weighted by Gasteiger charge is -2.34. The van der Waals surface area contributed by atoms with Gasteiger partial charge >= 0.3 is 0 Å². The Kier molecular flexibility index (Phi) is 4.77. The Morgan fingerprint density at radius 2 is 2.17 bits per heavy atom. The smallest absolute Gasteiger partial charge is 0.179 e. The molecule has 9 heteroatoms. The minimum atomic E-state index is -2.16. The van der Waals surface area contributed by atoms with Crippen molar-refractivity contribution in [3.8, 4) is 11.1 Å². The fraction of sp³-hybridized carbons (Fsp3) is 0.200. The zero-order chi connectivity index (χ0) is 20.6. The van der Waals surface area contributed by atoms with E-state index in [0.717, 1.165) is 29.7 Å². The first kappa shape index (κ1) is 19.0. The number of pyridine rings is 1. The number of rotatable bonds is 4. The van der Waals surface area contributed by atoms with Gasteiger partial charge in [0.15, 0.2) is 11.8 Å². The van der Waals surface area contributed by atoms with Crippen LogP contribution in [-0.2, 0) is 6.61 Å². The molecule has 0 amide bonds. The molecule has 7 nitrogen and oxygen atoms in total. The molecule has 2 aliphatic rings. The third kappa shape index (κ3) is 3.45. The van der Waals surface area contributed by atoms with Crippen molar-refractivity contribution in [2.24, 2.45) is 5.10 Å². The van der Waals surface area contributed by atoms with Crippen LogP contribution in [0, 0.1) is 0 Å². The molecule has 1 aliphatic heterocycles. The quantitative estimate of drug-likeness (QED) is 0.736. The van der Waals surface area contributed by atoms with Gasteiger partial charge in [-0.15, -0.1) is 0 Å². The molecule has 1 aliphatic carbocycles. The molecule has 0 spiro atoms. The Labute approximate surface area is 166 Å². The fourth-order valence-electron chi connectivity index (χ4n) is 3.20. The standard InChI is InChI=1S/C20H19F2N6O/c1-20(22)7-3-6-16(17(20)21)28-19(25-26-27-28)15-9-14(10-24-18(15)23)13-5-2-4-12(8-13)11-29/h2-10,17,27,29H,11H2,1H3,(H2,23,24)/q-1. The van der Waals surface area contributed by atoms with Gasteiger partial charge in [-0.1, -0.05) is 24.3 Å². The number of benzene rings is 1. The van der Waals surface area contributed by atoms with Gasteiger partial charge < -0.3 is 21.5 Å². The maximum absolute atomic E-state index is 14.8. The largest absolute Gasteiger partial charge is 0.520 e. The summed E-state index contributed by atoms with van der Waals surface area (Å²) >= 11 is 0. The number of halogens is 2. The third-order valence-electron chi connectivity index (χ3n) is 4.81. The average molecular weight is 397 g/mol. The summed E-state index contributed by atoms with van der Waals surface area (Å²) in [5, 5.41) is 14.6. The number of aliphatic hydroxyl groups is 1. The molecule has 4 N–H and O–H groups in total. The summed E-state index contributed by atoms with van der Waals surface area (Å²) in [7, 11) is 0. The second kappa shape index (κ2) is 7.26. The van der Waals surface area contributed by atoms with Gasteiger partial charge in [0.05, 0.1) is 17.9 Å². The Bertz CT molecular complexity index is 1030. The topological polar surface area (TPSA) is 101 Å². The van der Waals surface area contributed by atoms with E-state index in [0.29, 0.717) is 5.56 Å². The number of nitrogens with two attached hydrogens (primary N) is 1. The van der Waals surface area contributed by atoms with E-state index in [1.54, 1.807) is 18.3 Å². The number of alkyl halides is 2. The van der Waals surface area contributed by atoms with Crippen molar-refractivity contribution in [2.45, 2.75) is 25.4 Å². The fourth-order valence-corrected chi connectivity index (χ4v) is 3.20. The van der Waals surface area contributed by atoms with Crippen molar-refractivity contribution in [1.29, 1.82) is 0 Å². The Balaban J connectivity index is 1.72. The first-order valence-corrected chi connectivity index (χ1v) is 8.92. The van der Waals surface area contributed by atoms with Crippen LogP contribution in [0.1, 0.15) is 18.1 Å². The number of anilines is 1. The average Bonchev–Trinajstić information content (AvgIpc) is 3.20. The number of hydrazine groups is 1. The summed E-state index contributed by atoms with van der Waals surface area (Å²) in [6, 6.07) is 9.07. The van der Waals surface area contributed by atoms with Crippen molar-refractivity contribution in [1.82, 2.24) is 15.5 Å². The molecule has 0 radical (unpaired) electrons. The number of allylic oxidation sites excluding steroid dienone is 4. The number of hydrogen-bond acceptors (Lipinski definition) is 6. The minimum Gasteiger partial charge on any atom is -0.520 e. The summed E-state index contributed by atoms with van der Waals surface area (Å²) in [5.74, 6) is 0.371. The SMILES string of the molecule is CC1(F)C=CC=C(N2N[N-]N=C2c2cc(-c3cccc(CO)c3)cnc2N)C1F. The van der Waals surface area contributed by atoms with Gasteiger partial charge in [0.2, 0.25) is 0 Å². The van der Waals surface area contributed by atoms with Crippen molar-refractivity contribution in [3.63, 3.8) is 0 Å². The van der Waals surface area contributed by atoms with Gasteiger partial charge in [-0.25, -0.2) is 13.8 Å². The molecule has 4 rings (SSSR count). The van der Waals surface area contributed by atoms with E-state index >= 15 is 0 Å². The molecule has 2 atom stereocenters. The molecule has 0 fully saturated rings. The monoisotopic (exact) mass is 397 g/mol. The van der Waals surface area contributed by atoms with E-state index in [1.165, 1.54) is 17.2 Å². The predicted molar refractivity (Wildman–Crippen MR) is 107 cm³/mol. The highest BCUT2D eigenvalue weighted by atomic mass is 19.2. The summed E-state index contributed by atoms with van der Waals surface area (Å²) < 4.78 is 29.2. The first-order chi connectivity index (χ1) is 13.9. The maximum atomic E-state index is 14.8. The van der Waals surface area contributed by atoms with E-state index in [9.17, 15) is 13.9 Å². The van der Waals surface area contributed by atoms with Gasteiger partial charge in [-0.2, -0.15) is 0 Å². The van der Waals surface area contributed by atoms with Crippen molar-refractivity contribution in [2.75, 3.05) is 5.73 Å². The highest BCUT2D eigenvalue weighted by Gasteiger charge is 2.40. The summed E-state index contributed by atoms with van der Waals surface area (Å²) in [4.78, 5) is 4.22. The van der Waals surface area contributed by atoms with Crippen LogP contribution >= 0.6 is 0 Å². The van der Waals surface area contributed by atoms with Crippen LogP contribution in [0.2, 0.25) is 0 Å². The second-order valence-electron chi connectivity index (χ2n) is 6.94. The number of nitrogens with one attached hydrogen (secondary N) is 1. The number of nitrogen functional groups attached to an aromatic ring is 1. The van der Waals surface area contributed by atoms with Crippen LogP contribution in [0.5, 0.6) is 0 Å². The number of nitrogens with zero attached hydrogens (tertiary/aromatic N) is 4. The third-order valence-corrected chi connectivity index (χ3v) is 4.81. The van der Waals surface area contributed by atoms with Gasteiger partial charge in [0.25, 0.3) is 0 Å². The van der Waals surface area contributed by atoms with E-state index in [1.807, 2.05) is 18.2 Å². The lowest BCUT2D eigenvalue weighted by molar-refractivity contribution is 0.115. The van der Waals surface area contributed by atoms with Crippen LogP contribution in [-0.4, -0.2) is 32.8 Å². The number of aromatic nitrogens is 1. The van der Waals surface area contributed by atoms with E-state index < -0.39 is 11.8 Å². The highest BCUT2D eigenvalue weighted by molar-refractivity contribution is 6.05. The number of aliphatic hydroxyl groups excluding tert-OH is 1. The molecule has 2 heterocycles. The highest BCUT2D eigenvalue weighted by Crippen LogP contribution is 2.34. The molecule has 29 heavy (non-hydrogen) atoms. The molecular formula is C20H19F2N6O-. The summed E-state index contributed by atoms with van der Waals surface area (Å²) in [6.07, 6.45) is 3.74. The molecular weight excluding hydrogens is 378 g/mol.